The molecule has 0 atom stereocenters. The molecule has 7 nitrogen and oxygen atoms in total. The number of hydrogen-bond donors (Lipinski definition) is 1. The lowest BCUT2D eigenvalue weighted by Gasteiger charge is -2.13. The maximum atomic E-state index is 12.7. The molecule has 152 valence electrons. The van der Waals surface area contributed by atoms with Crippen LogP contribution in [0.15, 0.2) is 59.6 Å². The van der Waals surface area contributed by atoms with E-state index < -0.39 is 0 Å². The number of amides is 1. The molecule has 4 aromatic rings. The molecule has 1 N–H and O–H groups in total. The van der Waals surface area contributed by atoms with E-state index in [0.29, 0.717) is 35.4 Å². The SMILES string of the molecule is CCOc1cc(C(=O)Nc2nnc(-c3ccsc3)s2)ccc1OCc1cccnc1. The quantitative estimate of drug-likeness (QED) is 0.421. The molecule has 3 heterocycles. The molecule has 0 saturated carbocycles. The number of benzene rings is 1. The van der Waals surface area contributed by atoms with Gasteiger partial charge < -0.3 is 9.47 Å². The first-order valence-electron chi connectivity index (χ1n) is 9.19. The Bertz CT molecular complexity index is 1110. The number of ether oxygens (including phenoxy) is 2. The van der Waals surface area contributed by atoms with E-state index in [2.05, 4.69) is 20.5 Å². The van der Waals surface area contributed by atoms with Crippen LogP contribution in [0.4, 0.5) is 5.13 Å². The lowest BCUT2D eigenvalue weighted by atomic mass is 10.2. The standard InChI is InChI=1S/C21H18N4O3S2/c1-2-27-18-10-15(5-6-17(18)28-12-14-4-3-8-22-11-14)19(26)23-21-25-24-20(30-21)16-7-9-29-13-16/h3-11,13H,2,12H2,1H3,(H,23,25,26). The maximum absolute atomic E-state index is 12.7. The fraction of sp³-hybridized carbons (Fsp3) is 0.143. The van der Waals surface area contributed by atoms with Crippen LogP contribution in [0.2, 0.25) is 0 Å². The number of hydrogen-bond acceptors (Lipinski definition) is 8. The Balaban J connectivity index is 1.46. The zero-order valence-corrected chi connectivity index (χ0v) is 17.7. The summed E-state index contributed by atoms with van der Waals surface area (Å²) in [4.78, 5) is 16.8. The zero-order valence-electron chi connectivity index (χ0n) is 16.1. The van der Waals surface area contributed by atoms with Crippen LogP contribution in [0.1, 0.15) is 22.8 Å². The number of aromatic nitrogens is 3. The number of carbonyl (C=O) groups excluding carboxylic acids is 1. The molecule has 0 bridgehead atoms. The molecule has 30 heavy (non-hydrogen) atoms. The van der Waals surface area contributed by atoms with E-state index in [0.717, 1.165) is 16.1 Å². The first-order valence-corrected chi connectivity index (χ1v) is 10.9. The van der Waals surface area contributed by atoms with Crippen LogP contribution in [0.3, 0.4) is 0 Å². The number of pyridine rings is 1. The third-order valence-corrected chi connectivity index (χ3v) is 5.61. The lowest BCUT2D eigenvalue weighted by molar-refractivity contribution is 0.102. The van der Waals surface area contributed by atoms with Gasteiger partial charge in [0.25, 0.3) is 5.91 Å². The predicted molar refractivity (Wildman–Crippen MR) is 117 cm³/mol. The van der Waals surface area contributed by atoms with Crippen molar-refractivity contribution in [1.29, 1.82) is 0 Å². The normalized spacial score (nSPS) is 10.6. The van der Waals surface area contributed by atoms with E-state index in [4.69, 9.17) is 9.47 Å². The monoisotopic (exact) mass is 438 g/mol. The van der Waals surface area contributed by atoms with Gasteiger partial charge in [0.15, 0.2) is 11.5 Å². The second kappa shape index (κ2) is 9.47. The summed E-state index contributed by atoms with van der Waals surface area (Å²) in [5, 5.41) is 16.1. The third-order valence-electron chi connectivity index (χ3n) is 4.04. The van der Waals surface area contributed by atoms with Gasteiger partial charge in [0.1, 0.15) is 11.6 Å². The summed E-state index contributed by atoms with van der Waals surface area (Å²) in [5.41, 5.74) is 2.38. The van der Waals surface area contributed by atoms with Gasteiger partial charge in [-0.15, -0.1) is 10.2 Å². The van der Waals surface area contributed by atoms with E-state index in [1.165, 1.54) is 11.3 Å². The topological polar surface area (TPSA) is 86.2 Å². The average molecular weight is 439 g/mol. The van der Waals surface area contributed by atoms with E-state index in [1.54, 1.807) is 41.9 Å². The van der Waals surface area contributed by atoms with Crippen molar-refractivity contribution in [2.75, 3.05) is 11.9 Å². The molecule has 1 amide bonds. The Labute approximate surface area is 181 Å². The third kappa shape index (κ3) is 4.81. The molecule has 0 aliphatic rings. The van der Waals surface area contributed by atoms with Gasteiger partial charge in [-0.3, -0.25) is 15.1 Å². The van der Waals surface area contributed by atoms with Crippen LogP contribution in [0, 0.1) is 0 Å². The predicted octanol–water partition coefficient (Wildman–Crippen LogP) is 4.89. The Hall–Kier alpha value is -3.30. The van der Waals surface area contributed by atoms with Crippen molar-refractivity contribution in [3.8, 4) is 22.1 Å². The van der Waals surface area contributed by atoms with Crippen molar-refractivity contribution in [3.63, 3.8) is 0 Å². The van der Waals surface area contributed by atoms with Gasteiger partial charge >= 0.3 is 0 Å². The molecule has 0 unspecified atom stereocenters. The number of rotatable bonds is 8. The van der Waals surface area contributed by atoms with E-state index in [-0.39, 0.29) is 5.91 Å². The van der Waals surface area contributed by atoms with Gasteiger partial charge in [-0.2, -0.15) is 11.3 Å². The smallest absolute Gasteiger partial charge is 0.257 e. The highest BCUT2D eigenvalue weighted by atomic mass is 32.1. The Kier molecular flexibility index (Phi) is 6.31. The Morgan fingerprint density at radius 1 is 1.13 bits per heavy atom. The van der Waals surface area contributed by atoms with E-state index in [1.807, 2.05) is 35.9 Å². The molecule has 0 spiro atoms. The number of nitrogens with one attached hydrogen (secondary N) is 1. The number of thiophene rings is 1. The molecule has 9 heteroatoms. The van der Waals surface area contributed by atoms with Gasteiger partial charge in [0.2, 0.25) is 5.13 Å². The minimum Gasteiger partial charge on any atom is -0.490 e. The van der Waals surface area contributed by atoms with Gasteiger partial charge in [0.05, 0.1) is 6.61 Å². The van der Waals surface area contributed by atoms with Crippen molar-refractivity contribution in [2.45, 2.75) is 13.5 Å². The van der Waals surface area contributed by atoms with Crippen molar-refractivity contribution < 1.29 is 14.3 Å². The highest BCUT2D eigenvalue weighted by molar-refractivity contribution is 7.19. The van der Waals surface area contributed by atoms with Crippen LogP contribution in [-0.4, -0.2) is 27.7 Å². The average Bonchev–Trinajstić information content (AvgIpc) is 3.46. The maximum Gasteiger partial charge on any atom is 0.257 e. The molecule has 0 aliphatic heterocycles. The summed E-state index contributed by atoms with van der Waals surface area (Å²) in [5.74, 6) is 0.779. The van der Waals surface area contributed by atoms with E-state index >= 15 is 0 Å². The first kappa shape index (κ1) is 20.0. The number of nitrogens with zero attached hydrogens (tertiary/aromatic N) is 3. The highest BCUT2D eigenvalue weighted by Gasteiger charge is 2.15. The number of carbonyl (C=O) groups is 1. The van der Waals surface area contributed by atoms with Gasteiger partial charge in [0, 0.05) is 34.5 Å². The molecule has 0 saturated heterocycles. The van der Waals surface area contributed by atoms with Crippen molar-refractivity contribution in [1.82, 2.24) is 15.2 Å². The van der Waals surface area contributed by atoms with Crippen LogP contribution in [0.5, 0.6) is 11.5 Å². The molecule has 0 fully saturated rings. The summed E-state index contributed by atoms with van der Waals surface area (Å²) in [6, 6.07) is 10.8. The van der Waals surface area contributed by atoms with Crippen LogP contribution >= 0.6 is 22.7 Å². The molecule has 0 radical (unpaired) electrons. The minimum absolute atomic E-state index is 0.289. The summed E-state index contributed by atoms with van der Waals surface area (Å²) in [6.45, 7) is 2.69. The molecule has 1 aromatic carbocycles. The van der Waals surface area contributed by atoms with Crippen molar-refractivity contribution in [2.24, 2.45) is 0 Å². The molecular weight excluding hydrogens is 420 g/mol. The van der Waals surface area contributed by atoms with Crippen molar-refractivity contribution in [3.05, 3.63) is 70.7 Å². The first-order chi connectivity index (χ1) is 14.7. The summed E-state index contributed by atoms with van der Waals surface area (Å²) >= 11 is 2.91. The molecule has 3 aromatic heterocycles. The lowest BCUT2D eigenvalue weighted by Crippen LogP contribution is -2.12. The Morgan fingerprint density at radius 3 is 2.83 bits per heavy atom. The largest absolute Gasteiger partial charge is 0.490 e. The van der Waals surface area contributed by atoms with Gasteiger partial charge in [-0.05, 0) is 42.6 Å². The van der Waals surface area contributed by atoms with Crippen LogP contribution in [-0.2, 0) is 6.61 Å². The second-order valence-corrected chi connectivity index (χ2v) is 7.88. The molecular formula is C21H18N4O3S2. The van der Waals surface area contributed by atoms with Crippen LogP contribution < -0.4 is 14.8 Å². The fourth-order valence-electron chi connectivity index (χ4n) is 2.63. The molecule has 4 rings (SSSR count). The molecule has 0 aliphatic carbocycles. The Morgan fingerprint density at radius 2 is 2.07 bits per heavy atom. The second-order valence-electron chi connectivity index (χ2n) is 6.12. The fourth-order valence-corrected chi connectivity index (χ4v) is 4.08. The summed E-state index contributed by atoms with van der Waals surface area (Å²) < 4.78 is 11.5. The van der Waals surface area contributed by atoms with Gasteiger partial charge in [-0.25, -0.2) is 0 Å². The van der Waals surface area contributed by atoms with Gasteiger partial charge in [-0.1, -0.05) is 17.4 Å². The van der Waals surface area contributed by atoms with E-state index in [9.17, 15) is 4.79 Å². The summed E-state index contributed by atoms with van der Waals surface area (Å²) in [6.07, 6.45) is 3.46. The highest BCUT2D eigenvalue weighted by Crippen LogP contribution is 2.31. The minimum atomic E-state index is -0.289. The zero-order chi connectivity index (χ0) is 20.8. The number of anilines is 1. The summed E-state index contributed by atoms with van der Waals surface area (Å²) in [7, 11) is 0. The van der Waals surface area contributed by atoms with Crippen molar-refractivity contribution >= 4 is 33.7 Å². The van der Waals surface area contributed by atoms with Crippen LogP contribution in [0.25, 0.3) is 10.6 Å².